The maximum atomic E-state index is 13.3. The maximum Gasteiger partial charge on any atom is 0.311 e. The van der Waals surface area contributed by atoms with E-state index in [4.69, 9.17) is 39.5 Å². The summed E-state index contributed by atoms with van der Waals surface area (Å²) in [6.07, 6.45) is -0.510. The molecule has 0 heterocycles. The van der Waals surface area contributed by atoms with Crippen LogP contribution < -0.4 is 4.74 Å². The third kappa shape index (κ3) is 5.94. The molecule has 0 unspecified atom stereocenters. The molecular weight excluding hydrogens is 333 g/mol. The normalized spacial score (nSPS) is 10.4. The molecule has 0 bridgehead atoms. The fraction of sp³-hybridized carbons (Fsp3) is 0.333. The van der Waals surface area contributed by atoms with Crippen LogP contribution in [-0.4, -0.2) is 23.4 Å². The van der Waals surface area contributed by atoms with E-state index in [-0.39, 0.29) is 30.2 Å². The molecule has 8 heteroatoms. The highest BCUT2D eigenvalue weighted by Gasteiger charge is 2.15. The molecule has 0 N–H and O–H groups in total. The molecule has 0 amide bonds. The number of benzene rings is 1. The van der Waals surface area contributed by atoms with Crippen molar-refractivity contribution in [3.63, 3.8) is 0 Å². The third-order valence-corrected chi connectivity index (χ3v) is 2.59. The van der Waals surface area contributed by atoms with Crippen molar-refractivity contribution in [2.45, 2.75) is 17.7 Å². The summed E-state index contributed by atoms with van der Waals surface area (Å²) in [5.41, 5.74) is 0. The summed E-state index contributed by atoms with van der Waals surface area (Å²) in [5, 5.41) is -0.0342. The summed E-state index contributed by atoms with van der Waals surface area (Å²) in [6, 6.07) is 3.85. The minimum absolute atomic E-state index is 0.0342. The smallest absolute Gasteiger partial charge is 0.311 e. The zero-order valence-corrected chi connectivity index (χ0v) is 12.3. The highest BCUT2D eigenvalue weighted by atomic mass is 35.5. The Kier molecular flexibility index (Phi) is 7.05. The quantitative estimate of drug-likeness (QED) is 0.450. The first-order chi connectivity index (χ1) is 9.40. The molecule has 0 radical (unpaired) electrons. The van der Waals surface area contributed by atoms with E-state index in [9.17, 15) is 14.0 Å². The summed E-state index contributed by atoms with van der Waals surface area (Å²) < 4.78 is 22.7. The number of hydrogen-bond acceptors (Lipinski definition) is 4. The fourth-order valence-corrected chi connectivity index (χ4v) is 1.50. The van der Waals surface area contributed by atoms with Crippen molar-refractivity contribution in [1.29, 1.82) is 0 Å². The number of para-hydroxylation sites is 1. The fourth-order valence-electron chi connectivity index (χ4n) is 1.18. The van der Waals surface area contributed by atoms with E-state index in [2.05, 4.69) is 4.74 Å². The topological polar surface area (TPSA) is 52.6 Å². The van der Waals surface area contributed by atoms with Crippen LogP contribution in [0.3, 0.4) is 0 Å². The van der Waals surface area contributed by atoms with E-state index < -0.39 is 22.6 Å². The molecule has 0 spiro atoms. The second-order valence-corrected chi connectivity index (χ2v) is 5.28. The number of esters is 2. The zero-order chi connectivity index (χ0) is 15.1. The van der Waals surface area contributed by atoms with Crippen molar-refractivity contribution in [2.24, 2.45) is 0 Å². The summed E-state index contributed by atoms with van der Waals surface area (Å²) >= 11 is 16.4. The molecule has 0 fully saturated rings. The van der Waals surface area contributed by atoms with Crippen molar-refractivity contribution in [1.82, 2.24) is 0 Å². The van der Waals surface area contributed by atoms with Gasteiger partial charge in [-0.2, -0.15) is 0 Å². The highest BCUT2D eigenvalue weighted by molar-refractivity contribution is 6.44. The molecule has 0 aliphatic rings. The van der Waals surface area contributed by atoms with Crippen LogP contribution in [0.2, 0.25) is 5.02 Å². The van der Waals surface area contributed by atoms with E-state index >= 15 is 0 Å². The van der Waals surface area contributed by atoms with Crippen LogP contribution in [0.4, 0.5) is 4.39 Å². The van der Waals surface area contributed by atoms with Gasteiger partial charge < -0.3 is 9.47 Å². The van der Waals surface area contributed by atoms with E-state index in [1.165, 1.54) is 12.1 Å². The maximum absolute atomic E-state index is 13.3. The number of hydrogen-bond donors (Lipinski definition) is 0. The number of halogens is 4. The molecule has 1 rings (SSSR count). The Hall–Kier alpha value is -1.04. The van der Waals surface area contributed by atoms with Crippen LogP contribution >= 0.6 is 34.8 Å². The molecule has 0 aliphatic carbocycles. The summed E-state index contributed by atoms with van der Waals surface area (Å²) in [5.74, 6) is -2.59. The Morgan fingerprint density at radius 3 is 2.45 bits per heavy atom. The Balaban J connectivity index is 2.43. The van der Waals surface area contributed by atoms with Crippen molar-refractivity contribution in [2.75, 3.05) is 6.61 Å². The third-order valence-electron chi connectivity index (χ3n) is 2.04. The molecule has 4 nitrogen and oxygen atoms in total. The first kappa shape index (κ1) is 17.0. The van der Waals surface area contributed by atoms with Gasteiger partial charge in [-0.25, -0.2) is 4.39 Å². The molecule has 0 saturated carbocycles. The van der Waals surface area contributed by atoms with Gasteiger partial charge in [0.1, 0.15) is 11.4 Å². The standard InChI is InChI=1S/C12H10Cl3FO4/c13-7-2-1-3-8(16)12(7)20-11(18)5-4-10(17)19-6-9(14)15/h1-3,9H,4-6H2. The van der Waals surface area contributed by atoms with Crippen molar-refractivity contribution >= 4 is 46.7 Å². The Morgan fingerprint density at radius 1 is 1.20 bits per heavy atom. The Bertz CT molecular complexity index is 473. The second-order valence-electron chi connectivity index (χ2n) is 3.60. The molecule has 1 aromatic carbocycles. The van der Waals surface area contributed by atoms with Crippen LogP contribution in [0.5, 0.6) is 5.75 Å². The minimum atomic E-state index is -0.830. The zero-order valence-electron chi connectivity index (χ0n) is 10.1. The van der Waals surface area contributed by atoms with Crippen molar-refractivity contribution in [3.05, 3.63) is 29.0 Å². The van der Waals surface area contributed by atoms with Gasteiger partial charge in [0.05, 0.1) is 17.9 Å². The number of carbonyl (C=O) groups is 2. The summed E-state index contributed by atoms with van der Waals surface area (Å²) in [4.78, 5) is 21.8. The second kappa shape index (κ2) is 8.29. The Morgan fingerprint density at radius 2 is 1.85 bits per heavy atom. The molecule has 20 heavy (non-hydrogen) atoms. The number of rotatable bonds is 6. The molecule has 110 valence electrons. The first-order valence-electron chi connectivity index (χ1n) is 5.48. The van der Waals surface area contributed by atoms with Gasteiger partial charge in [-0.15, -0.1) is 23.2 Å². The number of carbonyl (C=O) groups excluding carboxylic acids is 2. The largest absolute Gasteiger partial charge is 0.463 e. The van der Waals surface area contributed by atoms with Gasteiger partial charge in [-0.1, -0.05) is 17.7 Å². The predicted octanol–water partition coefficient (Wildman–Crippen LogP) is 3.51. The van der Waals surface area contributed by atoms with E-state index in [1.54, 1.807) is 0 Å². The Labute approximate surface area is 129 Å². The van der Waals surface area contributed by atoms with Gasteiger partial charge in [0.15, 0.2) is 11.6 Å². The van der Waals surface area contributed by atoms with Crippen LogP contribution in [0.25, 0.3) is 0 Å². The van der Waals surface area contributed by atoms with Gasteiger partial charge >= 0.3 is 11.9 Å². The lowest BCUT2D eigenvalue weighted by molar-refractivity contribution is -0.146. The van der Waals surface area contributed by atoms with Crippen LogP contribution in [0.15, 0.2) is 18.2 Å². The van der Waals surface area contributed by atoms with Crippen molar-refractivity contribution in [3.8, 4) is 5.75 Å². The van der Waals surface area contributed by atoms with Crippen LogP contribution in [-0.2, 0) is 14.3 Å². The van der Waals surface area contributed by atoms with E-state index in [0.717, 1.165) is 6.07 Å². The van der Waals surface area contributed by atoms with Gasteiger partial charge in [0, 0.05) is 0 Å². The van der Waals surface area contributed by atoms with Crippen molar-refractivity contribution < 1.29 is 23.5 Å². The summed E-state index contributed by atoms with van der Waals surface area (Å²) in [7, 11) is 0. The molecule has 1 aromatic rings. The lowest BCUT2D eigenvalue weighted by Crippen LogP contribution is -2.15. The molecule has 0 aliphatic heterocycles. The number of ether oxygens (including phenoxy) is 2. The van der Waals surface area contributed by atoms with Crippen LogP contribution in [0.1, 0.15) is 12.8 Å². The average molecular weight is 344 g/mol. The lowest BCUT2D eigenvalue weighted by atomic mass is 10.3. The van der Waals surface area contributed by atoms with Gasteiger partial charge in [-0.05, 0) is 12.1 Å². The lowest BCUT2D eigenvalue weighted by Gasteiger charge is -2.07. The first-order valence-corrected chi connectivity index (χ1v) is 6.73. The van der Waals surface area contributed by atoms with Gasteiger partial charge in [0.25, 0.3) is 0 Å². The predicted molar refractivity (Wildman–Crippen MR) is 72.7 cm³/mol. The van der Waals surface area contributed by atoms with E-state index in [0.29, 0.717) is 0 Å². The molecule has 0 saturated heterocycles. The monoisotopic (exact) mass is 342 g/mol. The van der Waals surface area contributed by atoms with Gasteiger partial charge in [0.2, 0.25) is 0 Å². The van der Waals surface area contributed by atoms with Gasteiger partial charge in [-0.3, -0.25) is 9.59 Å². The summed E-state index contributed by atoms with van der Waals surface area (Å²) in [6.45, 7) is -0.171. The number of alkyl halides is 2. The molecule has 0 aromatic heterocycles. The molecule has 0 atom stereocenters. The minimum Gasteiger partial charge on any atom is -0.463 e. The molecular formula is C12H10Cl3FO4. The van der Waals surface area contributed by atoms with E-state index in [1.807, 2.05) is 0 Å². The highest BCUT2D eigenvalue weighted by Crippen LogP contribution is 2.27. The SMILES string of the molecule is O=C(CCC(=O)Oc1c(F)cccc1Cl)OCC(Cl)Cl. The van der Waals surface area contributed by atoms with Crippen LogP contribution in [0, 0.1) is 5.82 Å². The average Bonchev–Trinajstić information content (AvgIpc) is 2.38.